The normalized spacial score (nSPS) is 20.4. The number of pyridine rings is 1. The smallest absolute Gasteiger partial charge is 0.404 e. The van der Waals surface area contributed by atoms with Gasteiger partial charge in [-0.15, -0.1) is 0 Å². The van der Waals surface area contributed by atoms with Crippen LogP contribution in [-0.2, 0) is 0 Å². The van der Waals surface area contributed by atoms with E-state index >= 15 is 0 Å². The maximum Gasteiger partial charge on any atom is 0.404 e. The van der Waals surface area contributed by atoms with Gasteiger partial charge in [-0.3, -0.25) is 4.79 Å². The summed E-state index contributed by atoms with van der Waals surface area (Å²) in [6.45, 7) is 5.69. The van der Waals surface area contributed by atoms with Crippen molar-refractivity contribution >= 4 is 22.7 Å². The lowest BCUT2D eigenvalue weighted by molar-refractivity contribution is 0.186. The third kappa shape index (κ3) is 3.19. The van der Waals surface area contributed by atoms with Gasteiger partial charge in [0.2, 0.25) is 0 Å². The molecule has 4 rings (SSSR count). The maximum absolute atomic E-state index is 12.9. The fraction of sp³-hybridized carbons (Fsp3) is 0.524. The van der Waals surface area contributed by atoms with Crippen LogP contribution in [0, 0.1) is 12.8 Å². The number of carboxylic acid groups (broad SMARTS) is 1. The average Bonchev–Trinajstić information content (AvgIpc) is 3.37. The van der Waals surface area contributed by atoms with Crippen molar-refractivity contribution in [1.29, 1.82) is 0 Å². The van der Waals surface area contributed by atoms with E-state index in [0.29, 0.717) is 5.75 Å². The summed E-state index contributed by atoms with van der Waals surface area (Å²) < 4.78 is 7.23. The van der Waals surface area contributed by atoms with E-state index in [2.05, 4.69) is 29.3 Å². The first kappa shape index (κ1) is 18.7. The highest BCUT2D eigenvalue weighted by Gasteiger charge is 2.31. The number of hydrogen-bond acceptors (Lipinski definition) is 4. The number of anilines is 1. The fourth-order valence-corrected chi connectivity index (χ4v) is 4.47. The van der Waals surface area contributed by atoms with Crippen LogP contribution in [0.2, 0.25) is 0 Å². The highest BCUT2D eigenvalue weighted by Crippen LogP contribution is 2.40. The summed E-state index contributed by atoms with van der Waals surface area (Å²) >= 11 is 0. The monoisotopic (exact) mass is 385 g/mol. The van der Waals surface area contributed by atoms with Crippen LogP contribution in [0.5, 0.6) is 5.75 Å². The van der Waals surface area contributed by atoms with Gasteiger partial charge in [0.05, 0.1) is 12.6 Å². The highest BCUT2D eigenvalue weighted by molar-refractivity contribution is 5.88. The molecule has 0 spiro atoms. The van der Waals surface area contributed by atoms with E-state index in [1.54, 1.807) is 0 Å². The Bertz CT molecular complexity index is 980. The van der Waals surface area contributed by atoms with Crippen LogP contribution in [0.25, 0.3) is 10.9 Å². The number of rotatable bonds is 5. The van der Waals surface area contributed by atoms with Gasteiger partial charge >= 0.3 is 6.09 Å². The van der Waals surface area contributed by atoms with Gasteiger partial charge < -0.3 is 24.6 Å². The topological polar surface area (TPSA) is 83.8 Å². The van der Waals surface area contributed by atoms with Crippen molar-refractivity contribution in [3.63, 3.8) is 0 Å². The van der Waals surface area contributed by atoms with Crippen LogP contribution in [0.1, 0.15) is 37.8 Å². The Hall–Kier alpha value is -2.70. The fourth-order valence-electron chi connectivity index (χ4n) is 4.47. The molecule has 0 radical (unpaired) electrons. The summed E-state index contributed by atoms with van der Waals surface area (Å²) in [6, 6.07) is 6.17. The summed E-state index contributed by atoms with van der Waals surface area (Å²) in [5.41, 5.74) is 3.16. The van der Waals surface area contributed by atoms with Gasteiger partial charge in [-0.2, -0.15) is 0 Å². The second-order valence-corrected chi connectivity index (χ2v) is 8.00. The zero-order chi connectivity index (χ0) is 20.0. The number of fused-ring (bicyclic) bond motifs is 1. The van der Waals surface area contributed by atoms with Crippen molar-refractivity contribution in [1.82, 2.24) is 9.88 Å². The molecule has 7 nitrogen and oxygen atoms in total. The molecule has 150 valence electrons. The zero-order valence-electron chi connectivity index (χ0n) is 16.6. The van der Waals surface area contributed by atoms with Gasteiger partial charge in [0.15, 0.2) is 5.75 Å². The zero-order valence-corrected chi connectivity index (χ0v) is 16.6. The van der Waals surface area contributed by atoms with Crippen LogP contribution < -0.4 is 20.5 Å². The lowest BCUT2D eigenvalue weighted by atomic mass is 10.0. The van der Waals surface area contributed by atoms with Crippen molar-refractivity contribution in [2.45, 2.75) is 45.2 Å². The molecule has 2 N–H and O–H groups in total. The van der Waals surface area contributed by atoms with E-state index in [9.17, 15) is 9.59 Å². The van der Waals surface area contributed by atoms with E-state index in [1.165, 1.54) is 7.11 Å². The lowest BCUT2D eigenvalue weighted by Crippen LogP contribution is -2.38. The molecule has 1 aliphatic heterocycles. The molecule has 1 aliphatic carbocycles. The summed E-state index contributed by atoms with van der Waals surface area (Å²) in [7, 11) is 1.54. The Morgan fingerprint density at radius 3 is 2.71 bits per heavy atom. The van der Waals surface area contributed by atoms with Gasteiger partial charge in [-0.25, -0.2) is 4.79 Å². The summed E-state index contributed by atoms with van der Waals surface area (Å²) in [6.07, 6.45) is 2.01. The lowest BCUT2D eigenvalue weighted by Gasteiger charge is -2.25. The largest absolute Gasteiger partial charge is 0.491 e. The van der Waals surface area contributed by atoms with Gasteiger partial charge in [-0.1, -0.05) is 6.07 Å². The number of benzene rings is 1. The minimum atomic E-state index is -0.977. The van der Waals surface area contributed by atoms with Gasteiger partial charge in [0.25, 0.3) is 5.56 Å². The predicted octanol–water partition coefficient (Wildman–Crippen LogP) is 3.14. The number of nitrogens with one attached hydrogen (secondary N) is 1. The molecule has 2 fully saturated rings. The standard InChI is InChI=1S/C21H27N3O4/c1-12-17(23-9-8-15(11-23)13(2)22-21(26)27)7-4-14-10-18(28-3)20(25)24(19(12)14)16-5-6-16/h4,7,10,13,15-16,22H,5-6,8-9,11H2,1-3H3,(H,26,27)/t13-,15+/m0/s1. The molecule has 2 atom stereocenters. The molecular weight excluding hydrogens is 358 g/mol. The Morgan fingerprint density at radius 2 is 2.07 bits per heavy atom. The second kappa shape index (κ2) is 7.04. The first-order chi connectivity index (χ1) is 13.4. The molecule has 0 bridgehead atoms. The van der Waals surface area contributed by atoms with E-state index in [1.807, 2.05) is 17.6 Å². The number of nitrogens with zero attached hydrogens (tertiary/aromatic N) is 2. The molecule has 1 saturated carbocycles. The third-order valence-corrected chi connectivity index (χ3v) is 6.15. The van der Waals surface area contributed by atoms with Crippen LogP contribution in [0.4, 0.5) is 10.5 Å². The molecule has 1 amide bonds. The Labute approximate surface area is 163 Å². The highest BCUT2D eigenvalue weighted by atomic mass is 16.5. The number of methoxy groups -OCH3 is 1. The van der Waals surface area contributed by atoms with Crippen LogP contribution in [0.15, 0.2) is 23.0 Å². The summed E-state index contributed by atoms with van der Waals surface area (Å²) in [5.74, 6) is 0.661. The Balaban J connectivity index is 1.72. The van der Waals surface area contributed by atoms with Gasteiger partial charge in [-0.05, 0) is 56.7 Å². The van der Waals surface area contributed by atoms with Crippen molar-refractivity contribution in [2.75, 3.05) is 25.1 Å². The third-order valence-electron chi connectivity index (χ3n) is 6.15. The molecule has 7 heteroatoms. The molecule has 1 aromatic carbocycles. The minimum absolute atomic E-state index is 0.0590. The van der Waals surface area contributed by atoms with Gasteiger partial charge in [0.1, 0.15) is 0 Å². The maximum atomic E-state index is 12.9. The quantitative estimate of drug-likeness (QED) is 0.826. The first-order valence-electron chi connectivity index (χ1n) is 9.88. The SMILES string of the molecule is COc1cc2ccc(N3CC[C@@H]([C@H](C)NC(=O)O)C3)c(C)c2n(C2CC2)c1=O. The number of amides is 1. The molecule has 1 saturated heterocycles. The van der Waals surface area contributed by atoms with Crippen LogP contribution >= 0.6 is 0 Å². The van der Waals surface area contributed by atoms with E-state index < -0.39 is 6.09 Å². The minimum Gasteiger partial charge on any atom is -0.491 e. The van der Waals surface area contributed by atoms with E-state index in [4.69, 9.17) is 9.84 Å². The van der Waals surface area contributed by atoms with Gasteiger partial charge in [0, 0.05) is 36.2 Å². The molecule has 2 aromatic rings. The number of aromatic nitrogens is 1. The summed E-state index contributed by atoms with van der Waals surface area (Å²) in [4.78, 5) is 26.1. The van der Waals surface area contributed by atoms with E-state index in [0.717, 1.165) is 54.5 Å². The average molecular weight is 385 g/mol. The number of carbonyl (C=O) groups is 1. The second-order valence-electron chi connectivity index (χ2n) is 8.00. The first-order valence-corrected chi connectivity index (χ1v) is 9.88. The Kier molecular flexibility index (Phi) is 4.69. The molecule has 2 heterocycles. The number of aryl methyl sites for hydroxylation is 1. The molecule has 2 aliphatic rings. The van der Waals surface area contributed by atoms with Crippen molar-refractivity contribution in [3.8, 4) is 5.75 Å². The molecule has 0 unspecified atom stereocenters. The van der Waals surface area contributed by atoms with Crippen molar-refractivity contribution in [2.24, 2.45) is 5.92 Å². The molecule has 28 heavy (non-hydrogen) atoms. The number of ether oxygens (including phenoxy) is 1. The molecular formula is C21H27N3O4. The van der Waals surface area contributed by atoms with E-state index in [-0.39, 0.29) is 23.6 Å². The number of hydrogen-bond donors (Lipinski definition) is 2. The summed E-state index contributed by atoms with van der Waals surface area (Å²) in [5, 5.41) is 12.6. The van der Waals surface area contributed by atoms with Crippen LogP contribution in [0.3, 0.4) is 0 Å². The Morgan fingerprint density at radius 1 is 1.32 bits per heavy atom. The van der Waals surface area contributed by atoms with Crippen molar-refractivity contribution in [3.05, 3.63) is 34.1 Å². The van der Waals surface area contributed by atoms with Crippen molar-refractivity contribution < 1.29 is 14.6 Å². The predicted molar refractivity (Wildman–Crippen MR) is 109 cm³/mol. The molecule has 1 aromatic heterocycles. The van der Waals surface area contributed by atoms with Crippen LogP contribution in [-0.4, -0.2) is 42.0 Å².